The molecular weight excluding hydrogens is 204 g/mol. The number of nitrogens with zero attached hydrogens (tertiary/aromatic N) is 2. The first-order valence-electron chi connectivity index (χ1n) is 6.29. The van der Waals surface area contributed by atoms with Crippen molar-refractivity contribution in [3.05, 3.63) is 0 Å². The van der Waals surface area contributed by atoms with Crippen LogP contribution in [0.4, 0.5) is 0 Å². The average molecular weight is 226 g/mol. The maximum atomic E-state index is 11.9. The summed E-state index contributed by atoms with van der Waals surface area (Å²) in [6.45, 7) is 4.57. The Hall–Kier alpha value is -0.610. The van der Waals surface area contributed by atoms with E-state index in [9.17, 15) is 4.79 Å². The van der Waals surface area contributed by atoms with E-state index in [1.165, 1.54) is 12.8 Å². The highest BCUT2D eigenvalue weighted by Crippen LogP contribution is 2.28. The molecule has 0 radical (unpaired) electrons. The zero-order valence-electron chi connectivity index (χ0n) is 10.3. The second-order valence-electron chi connectivity index (χ2n) is 4.82. The Kier molecular flexibility index (Phi) is 3.82. The van der Waals surface area contributed by atoms with Crippen LogP contribution in [0, 0.1) is 0 Å². The van der Waals surface area contributed by atoms with Gasteiger partial charge in [0, 0.05) is 31.8 Å². The molecule has 2 atom stereocenters. The third-order valence-electron chi connectivity index (χ3n) is 3.93. The molecule has 16 heavy (non-hydrogen) atoms. The van der Waals surface area contributed by atoms with Gasteiger partial charge in [0.05, 0.1) is 0 Å². The molecule has 2 aliphatic heterocycles. The molecule has 0 aromatic rings. The van der Waals surface area contributed by atoms with E-state index >= 15 is 0 Å². The Labute approximate surface area is 97.5 Å². The molecule has 92 valence electrons. The molecule has 4 nitrogen and oxygen atoms in total. The van der Waals surface area contributed by atoms with Gasteiger partial charge < -0.3 is 9.64 Å². The average Bonchev–Trinajstić information content (AvgIpc) is 2.50. The van der Waals surface area contributed by atoms with Crippen LogP contribution in [0.25, 0.3) is 0 Å². The van der Waals surface area contributed by atoms with Crippen LogP contribution in [0.1, 0.15) is 26.2 Å². The van der Waals surface area contributed by atoms with Crippen LogP contribution in [0.2, 0.25) is 0 Å². The minimum Gasteiger partial charge on any atom is -0.372 e. The molecule has 2 saturated heterocycles. The van der Waals surface area contributed by atoms with Crippen molar-refractivity contribution in [2.75, 3.05) is 33.4 Å². The predicted octanol–water partition coefficient (Wildman–Crippen LogP) is 0.718. The topological polar surface area (TPSA) is 32.8 Å². The third-order valence-corrected chi connectivity index (χ3v) is 3.93. The molecule has 0 aliphatic carbocycles. The van der Waals surface area contributed by atoms with Crippen molar-refractivity contribution in [1.29, 1.82) is 0 Å². The normalized spacial score (nSPS) is 30.5. The summed E-state index contributed by atoms with van der Waals surface area (Å²) in [6.07, 6.45) is 3.65. The van der Waals surface area contributed by atoms with Gasteiger partial charge in [0.2, 0.25) is 5.91 Å². The molecule has 0 aromatic carbocycles. The molecule has 0 aromatic heterocycles. The Bertz CT molecular complexity index is 257. The minimum absolute atomic E-state index is 0.155. The van der Waals surface area contributed by atoms with Crippen LogP contribution < -0.4 is 0 Å². The highest BCUT2D eigenvalue weighted by molar-refractivity contribution is 5.77. The van der Waals surface area contributed by atoms with Crippen molar-refractivity contribution in [1.82, 2.24) is 9.80 Å². The van der Waals surface area contributed by atoms with Crippen molar-refractivity contribution in [2.45, 2.75) is 38.3 Å². The lowest BCUT2D eigenvalue weighted by Crippen LogP contribution is -2.41. The van der Waals surface area contributed by atoms with Crippen LogP contribution in [-0.4, -0.2) is 61.1 Å². The summed E-state index contributed by atoms with van der Waals surface area (Å²) < 4.78 is 5.19. The van der Waals surface area contributed by atoms with Crippen LogP contribution in [-0.2, 0) is 9.53 Å². The second-order valence-corrected chi connectivity index (χ2v) is 4.82. The van der Waals surface area contributed by atoms with Gasteiger partial charge in [0.1, 0.15) is 6.61 Å². The Morgan fingerprint density at radius 2 is 2.06 bits per heavy atom. The number of amides is 1. The molecule has 2 fully saturated rings. The fourth-order valence-electron chi connectivity index (χ4n) is 2.82. The largest absolute Gasteiger partial charge is 0.372 e. The Morgan fingerprint density at radius 3 is 2.81 bits per heavy atom. The molecule has 4 heteroatoms. The number of ether oxygens (including phenoxy) is 1. The first-order valence-corrected chi connectivity index (χ1v) is 6.29. The summed E-state index contributed by atoms with van der Waals surface area (Å²) in [4.78, 5) is 16.3. The lowest BCUT2D eigenvalue weighted by atomic mass is 10.1. The number of hydrogen-bond donors (Lipinski definition) is 0. The van der Waals surface area contributed by atoms with E-state index in [0.29, 0.717) is 18.7 Å². The molecule has 2 rings (SSSR count). The van der Waals surface area contributed by atoms with Gasteiger partial charge in [0.15, 0.2) is 0 Å². The van der Waals surface area contributed by atoms with E-state index < -0.39 is 0 Å². The molecule has 2 bridgehead atoms. The van der Waals surface area contributed by atoms with E-state index in [0.717, 1.165) is 19.5 Å². The van der Waals surface area contributed by atoms with Gasteiger partial charge in [-0.1, -0.05) is 0 Å². The van der Waals surface area contributed by atoms with Gasteiger partial charge in [-0.3, -0.25) is 9.69 Å². The number of carbonyl (C=O) groups excluding carboxylic acids is 1. The van der Waals surface area contributed by atoms with Gasteiger partial charge in [-0.2, -0.15) is 0 Å². The maximum absolute atomic E-state index is 11.9. The van der Waals surface area contributed by atoms with Gasteiger partial charge in [-0.15, -0.1) is 0 Å². The quantitative estimate of drug-likeness (QED) is 0.711. The van der Waals surface area contributed by atoms with E-state index in [4.69, 9.17) is 4.74 Å². The zero-order chi connectivity index (χ0) is 11.5. The van der Waals surface area contributed by atoms with Crippen molar-refractivity contribution in [2.24, 2.45) is 0 Å². The van der Waals surface area contributed by atoms with E-state index in [-0.39, 0.29) is 12.5 Å². The van der Waals surface area contributed by atoms with Crippen molar-refractivity contribution >= 4 is 5.91 Å². The summed E-state index contributed by atoms with van der Waals surface area (Å²) in [7, 11) is 2.19. The summed E-state index contributed by atoms with van der Waals surface area (Å²) in [5.74, 6) is 0.155. The summed E-state index contributed by atoms with van der Waals surface area (Å²) >= 11 is 0. The van der Waals surface area contributed by atoms with E-state index in [1.54, 1.807) is 0 Å². The van der Waals surface area contributed by atoms with Crippen LogP contribution >= 0.6 is 0 Å². The molecule has 2 aliphatic rings. The zero-order valence-corrected chi connectivity index (χ0v) is 10.3. The van der Waals surface area contributed by atoms with Gasteiger partial charge in [-0.25, -0.2) is 0 Å². The monoisotopic (exact) mass is 226 g/mol. The van der Waals surface area contributed by atoms with E-state index in [2.05, 4.69) is 11.9 Å². The van der Waals surface area contributed by atoms with Crippen LogP contribution in [0.5, 0.6) is 0 Å². The van der Waals surface area contributed by atoms with Crippen molar-refractivity contribution in [3.8, 4) is 0 Å². The Balaban J connectivity index is 1.90. The van der Waals surface area contributed by atoms with Crippen LogP contribution in [0.3, 0.4) is 0 Å². The summed E-state index contributed by atoms with van der Waals surface area (Å²) in [6, 6.07) is 1.26. The number of hydrogen-bond acceptors (Lipinski definition) is 3. The fraction of sp³-hybridized carbons (Fsp3) is 0.917. The molecule has 0 spiro atoms. The second kappa shape index (κ2) is 5.15. The molecular formula is C12H22N2O2. The molecule has 0 N–H and O–H groups in total. The lowest BCUT2D eigenvalue weighted by Gasteiger charge is -2.25. The number of carbonyl (C=O) groups is 1. The van der Waals surface area contributed by atoms with Crippen molar-refractivity contribution < 1.29 is 9.53 Å². The maximum Gasteiger partial charge on any atom is 0.248 e. The van der Waals surface area contributed by atoms with Gasteiger partial charge >= 0.3 is 0 Å². The highest BCUT2D eigenvalue weighted by Gasteiger charge is 2.35. The standard InChI is InChI=1S/C12H22N2O2/c1-3-16-9-12(15)14-7-6-10-4-5-11(8-14)13(10)2/h10-11H,3-9H2,1-2H3. The highest BCUT2D eigenvalue weighted by atomic mass is 16.5. The first-order chi connectivity index (χ1) is 7.72. The lowest BCUT2D eigenvalue weighted by molar-refractivity contribution is -0.136. The SMILES string of the molecule is CCOCC(=O)N1CCC2CCC(C1)N2C. The number of likely N-dealkylation sites (tertiary alicyclic amines) is 1. The van der Waals surface area contributed by atoms with Crippen molar-refractivity contribution in [3.63, 3.8) is 0 Å². The molecule has 2 heterocycles. The van der Waals surface area contributed by atoms with Crippen LogP contribution in [0.15, 0.2) is 0 Å². The molecule has 1 amide bonds. The first kappa shape index (κ1) is 11.9. The van der Waals surface area contributed by atoms with E-state index in [1.807, 2.05) is 11.8 Å². The van der Waals surface area contributed by atoms with Gasteiger partial charge in [0.25, 0.3) is 0 Å². The number of likely N-dealkylation sites (N-methyl/N-ethyl adjacent to an activating group) is 1. The summed E-state index contributed by atoms with van der Waals surface area (Å²) in [5, 5.41) is 0. The van der Waals surface area contributed by atoms with Gasteiger partial charge in [-0.05, 0) is 33.2 Å². The fourth-order valence-corrected chi connectivity index (χ4v) is 2.82. The third kappa shape index (κ3) is 2.38. The number of rotatable bonds is 3. The predicted molar refractivity (Wildman–Crippen MR) is 62.3 cm³/mol. The smallest absolute Gasteiger partial charge is 0.248 e. The molecule has 2 unspecified atom stereocenters. The number of fused-ring (bicyclic) bond motifs is 2. The molecule has 0 saturated carbocycles. The Morgan fingerprint density at radius 1 is 1.31 bits per heavy atom. The minimum atomic E-state index is 0.155. The summed E-state index contributed by atoms with van der Waals surface area (Å²) in [5.41, 5.74) is 0.